The molecule has 2 aromatic rings. The van der Waals surface area contributed by atoms with Crippen molar-refractivity contribution in [2.45, 2.75) is 13.5 Å². The first-order valence-electron chi connectivity index (χ1n) is 10.9. The second-order valence-electron chi connectivity index (χ2n) is 7.95. The Morgan fingerprint density at radius 3 is 2.53 bits per heavy atom. The second-order valence-corrected chi connectivity index (χ2v) is 8.94. The number of rotatable bonds is 7. The quantitative estimate of drug-likeness (QED) is 0.559. The molecule has 0 N–H and O–H groups in total. The third kappa shape index (κ3) is 5.60. The molecule has 2 aliphatic rings. The van der Waals surface area contributed by atoms with Crippen LogP contribution in [-0.4, -0.2) is 66.8 Å². The Labute approximate surface area is 202 Å². The number of carbonyl (C=O) groups is 3. The van der Waals surface area contributed by atoms with Gasteiger partial charge in [-0.15, -0.1) is 0 Å². The molecule has 2 aliphatic heterocycles. The summed E-state index contributed by atoms with van der Waals surface area (Å²) in [5, 5.41) is -0.456. The van der Waals surface area contributed by atoms with Crippen molar-refractivity contribution in [1.29, 1.82) is 0 Å². The lowest BCUT2D eigenvalue weighted by Crippen LogP contribution is -2.46. The SMILES string of the molecule is COc1cc(/C=C2/SC(=O)N(CC(=O)N3CCOCC3)C2=O)ccc1OCc1ccc(C)cc1. The van der Waals surface area contributed by atoms with Crippen molar-refractivity contribution in [2.75, 3.05) is 40.0 Å². The Kier molecular flexibility index (Phi) is 7.54. The molecule has 0 aliphatic carbocycles. The van der Waals surface area contributed by atoms with E-state index in [1.54, 1.807) is 36.3 Å². The Bertz CT molecular complexity index is 1110. The van der Waals surface area contributed by atoms with Crippen LogP contribution in [0.4, 0.5) is 4.79 Å². The van der Waals surface area contributed by atoms with E-state index >= 15 is 0 Å². The minimum absolute atomic E-state index is 0.259. The molecule has 0 bridgehead atoms. The molecule has 9 heteroatoms. The molecule has 0 radical (unpaired) electrons. The van der Waals surface area contributed by atoms with E-state index in [-0.39, 0.29) is 17.4 Å². The largest absolute Gasteiger partial charge is 0.493 e. The van der Waals surface area contributed by atoms with Crippen LogP contribution in [0.15, 0.2) is 47.4 Å². The summed E-state index contributed by atoms with van der Waals surface area (Å²) in [6.07, 6.45) is 1.62. The fourth-order valence-electron chi connectivity index (χ4n) is 3.57. The third-order valence-electron chi connectivity index (χ3n) is 5.53. The van der Waals surface area contributed by atoms with Gasteiger partial charge < -0.3 is 19.1 Å². The number of amides is 3. The Hall–Kier alpha value is -3.30. The molecule has 3 amide bonds. The maximum atomic E-state index is 12.8. The van der Waals surface area contributed by atoms with Crippen LogP contribution in [0.1, 0.15) is 16.7 Å². The van der Waals surface area contributed by atoms with E-state index < -0.39 is 11.1 Å². The molecule has 2 fully saturated rings. The Morgan fingerprint density at radius 1 is 1.09 bits per heavy atom. The van der Waals surface area contributed by atoms with Crippen molar-refractivity contribution in [3.8, 4) is 11.5 Å². The first-order valence-corrected chi connectivity index (χ1v) is 11.7. The van der Waals surface area contributed by atoms with Gasteiger partial charge in [-0.2, -0.15) is 0 Å². The summed E-state index contributed by atoms with van der Waals surface area (Å²) in [5.41, 5.74) is 2.90. The summed E-state index contributed by atoms with van der Waals surface area (Å²) in [7, 11) is 1.54. The lowest BCUT2D eigenvalue weighted by Gasteiger charge is -2.28. The maximum absolute atomic E-state index is 12.8. The van der Waals surface area contributed by atoms with E-state index in [1.807, 2.05) is 31.2 Å². The molecule has 0 spiro atoms. The van der Waals surface area contributed by atoms with Crippen LogP contribution in [-0.2, 0) is 20.9 Å². The molecular weight excluding hydrogens is 456 g/mol. The highest BCUT2D eigenvalue weighted by molar-refractivity contribution is 8.18. The molecule has 2 saturated heterocycles. The van der Waals surface area contributed by atoms with Crippen LogP contribution < -0.4 is 9.47 Å². The number of nitrogens with zero attached hydrogens (tertiary/aromatic N) is 2. The molecular formula is C25H26N2O6S. The van der Waals surface area contributed by atoms with E-state index in [4.69, 9.17) is 14.2 Å². The standard InChI is InChI=1S/C25H26N2O6S/c1-17-3-5-18(6-4-17)16-33-20-8-7-19(13-21(20)31-2)14-22-24(29)27(25(30)34-22)15-23(28)26-9-11-32-12-10-26/h3-8,13-14H,9-12,15-16H2,1-2H3/b22-14+. The molecule has 178 valence electrons. The smallest absolute Gasteiger partial charge is 0.294 e. The van der Waals surface area contributed by atoms with E-state index in [0.717, 1.165) is 22.2 Å². The lowest BCUT2D eigenvalue weighted by atomic mass is 10.1. The summed E-state index contributed by atoms with van der Waals surface area (Å²) in [6, 6.07) is 13.4. The Morgan fingerprint density at radius 2 is 1.82 bits per heavy atom. The topological polar surface area (TPSA) is 85.4 Å². The number of ether oxygens (including phenoxy) is 3. The summed E-state index contributed by atoms with van der Waals surface area (Å²) in [5.74, 6) is 0.353. The van der Waals surface area contributed by atoms with Crippen molar-refractivity contribution >= 4 is 34.9 Å². The van der Waals surface area contributed by atoms with Gasteiger partial charge in [-0.05, 0) is 48.0 Å². The minimum atomic E-state index is -0.477. The number of imide groups is 1. The van der Waals surface area contributed by atoms with Crippen LogP contribution in [0, 0.1) is 6.92 Å². The highest BCUT2D eigenvalue weighted by Gasteiger charge is 2.37. The predicted octanol–water partition coefficient (Wildman–Crippen LogP) is 3.48. The molecule has 34 heavy (non-hydrogen) atoms. The normalized spacial score (nSPS) is 17.4. The van der Waals surface area contributed by atoms with Crippen LogP contribution in [0.2, 0.25) is 0 Å². The second kappa shape index (κ2) is 10.8. The molecule has 4 rings (SSSR count). The van der Waals surface area contributed by atoms with E-state index in [1.165, 1.54) is 5.56 Å². The van der Waals surface area contributed by atoms with Crippen molar-refractivity contribution in [1.82, 2.24) is 9.80 Å². The molecule has 0 atom stereocenters. The summed E-state index contributed by atoms with van der Waals surface area (Å²) >= 11 is 0.823. The zero-order chi connectivity index (χ0) is 24.1. The van der Waals surface area contributed by atoms with Crippen LogP contribution in [0.25, 0.3) is 6.08 Å². The molecule has 2 heterocycles. The zero-order valence-corrected chi connectivity index (χ0v) is 19.9. The predicted molar refractivity (Wildman–Crippen MR) is 129 cm³/mol. The van der Waals surface area contributed by atoms with Crippen LogP contribution in [0.3, 0.4) is 0 Å². The number of thioether (sulfide) groups is 1. The first kappa shape index (κ1) is 23.8. The highest BCUT2D eigenvalue weighted by Crippen LogP contribution is 2.34. The number of carbonyl (C=O) groups excluding carboxylic acids is 3. The first-order chi connectivity index (χ1) is 16.4. The number of methoxy groups -OCH3 is 1. The number of aryl methyl sites for hydroxylation is 1. The minimum Gasteiger partial charge on any atom is -0.493 e. The highest BCUT2D eigenvalue weighted by atomic mass is 32.2. The molecule has 0 saturated carbocycles. The van der Waals surface area contributed by atoms with Crippen molar-refractivity contribution in [3.63, 3.8) is 0 Å². The van der Waals surface area contributed by atoms with Gasteiger partial charge in [0.05, 0.1) is 25.2 Å². The third-order valence-corrected chi connectivity index (χ3v) is 6.44. The number of morpholine rings is 1. The van der Waals surface area contributed by atoms with Gasteiger partial charge in [0.2, 0.25) is 5.91 Å². The van der Waals surface area contributed by atoms with Gasteiger partial charge in [-0.3, -0.25) is 19.3 Å². The van der Waals surface area contributed by atoms with Crippen LogP contribution in [0.5, 0.6) is 11.5 Å². The monoisotopic (exact) mass is 482 g/mol. The molecule has 8 nitrogen and oxygen atoms in total. The summed E-state index contributed by atoms with van der Waals surface area (Å²) in [6.45, 7) is 4.00. The zero-order valence-electron chi connectivity index (χ0n) is 19.1. The molecule has 0 aromatic heterocycles. The van der Waals surface area contributed by atoms with E-state index in [9.17, 15) is 14.4 Å². The molecule has 0 unspecified atom stereocenters. The van der Waals surface area contributed by atoms with Gasteiger partial charge >= 0.3 is 0 Å². The van der Waals surface area contributed by atoms with Crippen molar-refractivity contribution in [2.24, 2.45) is 0 Å². The van der Waals surface area contributed by atoms with Crippen LogP contribution >= 0.6 is 11.8 Å². The van der Waals surface area contributed by atoms with Gasteiger partial charge in [0, 0.05) is 13.1 Å². The summed E-state index contributed by atoms with van der Waals surface area (Å²) in [4.78, 5) is 40.6. The van der Waals surface area contributed by atoms with E-state index in [2.05, 4.69) is 0 Å². The van der Waals surface area contributed by atoms with Crippen molar-refractivity contribution < 1.29 is 28.6 Å². The summed E-state index contributed by atoms with van der Waals surface area (Å²) < 4.78 is 16.6. The fourth-order valence-corrected chi connectivity index (χ4v) is 4.41. The average Bonchev–Trinajstić information content (AvgIpc) is 3.11. The number of benzene rings is 2. The average molecular weight is 483 g/mol. The van der Waals surface area contributed by atoms with Gasteiger partial charge in [-0.25, -0.2) is 0 Å². The van der Waals surface area contributed by atoms with Gasteiger partial charge in [0.15, 0.2) is 11.5 Å². The van der Waals surface area contributed by atoms with Gasteiger partial charge in [0.1, 0.15) is 13.2 Å². The maximum Gasteiger partial charge on any atom is 0.294 e. The molecule has 2 aromatic carbocycles. The lowest BCUT2D eigenvalue weighted by molar-refractivity contribution is -0.139. The number of hydrogen-bond acceptors (Lipinski definition) is 7. The van der Waals surface area contributed by atoms with Gasteiger partial charge in [-0.1, -0.05) is 35.9 Å². The van der Waals surface area contributed by atoms with E-state index in [0.29, 0.717) is 50.0 Å². The Balaban J connectivity index is 1.43. The number of hydrogen-bond donors (Lipinski definition) is 0. The fraction of sp³-hybridized carbons (Fsp3) is 0.320. The van der Waals surface area contributed by atoms with Crippen molar-refractivity contribution in [3.05, 3.63) is 64.1 Å². The van der Waals surface area contributed by atoms with Gasteiger partial charge in [0.25, 0.3) is 11.1 Å².